The van der Waals surface area contributed by atoms with Crippen LogP contribution in [0.15, 0.2) is 109 Å². The number of carbonyl (C=O) groups excluding carboxylic acids is 7. The number of nitrogens with zero attached hydrogens (tertiary/aromatic N) is 3. The highest BCUT2D eigenvalue weighted by Crippen LogP contribution is 2.50. The second-order valence-corrected chi connectivity index (χ2v) is 29.8. The lowest BCUT2D eigenvalue weighted by Gasteiger charge is -2.42. The molecule has 0 aromatic heterocycles. The van der Waals surface area contributed by atoms with Gasteiger partial charge in [0.15, 0.2) is 23.0 Å². The number of likely N-dealkylation sites (N-methyl/N-ethyl adjacent to an activating group) is 1. The minimum absolute atomic E-state index is 0.0173. The summed E-state index contributed by atoms with van der Waals surface area (Å²) in [4.78, 5) is 112. The maximum atomic E-state index is 16.2. The Morgan fingerprint density at radius 1 is 0.578 bits per heavy atom. The number of halogens is 2. The Bertz CT molecular complexity index is 4670. The van der Waals surface area contributed by atoms with Gasteiger partial charge in [-0.25, -0.2) is 0 Å². The molecule has 1 fully saturated rings. The number of rotatable bonds is 16. The molecular formula is C79H90Cl2N11O17+. The van der Waals surface area contributed by atoms with Gasteiger partial charge in [0.2, 0.25) is 47.1 Å². The molecule has 28 nitrogen and oxygen atoms in total. The van der Waals surface area contributed by atoms with Crippen molar-refractivity contribution in [3.63, 3.8) is 0 Å². The molecule has 7 aliphatic heterocycles. The first kappa shape index (κ1) is 78.0. The molecule has 16 N–H and O–H groups in total. The minimum atomic E-state index is -2.17. The van der Waals surface area contributed by atoms with Gasteiger partial charge in [0.1, 0.15) is 88.6 Å². The van der Waals surface area contributed by atoms with Crippen LogP contribution in [0, 0.1) is 0 Å². The summed E-state index contributed by atoms with van der Waals surface area (Å²) in [6.07, 6.45) is 7.45. The largest absolute Gasteiger partial charge is 0.508 e. The van der Waals surface area contributed by atoms with E-state index >= 15 is 28.8 Å². The number of phenolic OH excluding ortho intramolecular Hbond substituents is 6. The first-order valence-electron chi connectivity index (χ1n) is 36.4. The molecule has 0 saturated carbocycles. The smallest absolute Gasteiger partial charge is 0.248 e. The van der Waals surface area contributed by atoms with Gasteiger partial charge in [-0.05, 0) is 158 Å². The zero-order valence-electron chi connectivity index (χ0n) is 60.6. The first-order valence-corrected chi connectivity index (χ1v) is 37.2. The SMILES string of the molecule is CCCCCCCCCC[N+]1(C)CCN(Cc2c(O)cc3c(c2O)-c2cc(ccc2O)[C@H]2NC(=O)[C@@H]4NC(=O)[C@H]5NC(=O)[C@@H](Cc6ccc(c(Cl)c6)Oc6cc4cc(c6O)Oc4ccc(cc4Cl)[C@@H](O)[C@H](NC2=O)C(=O)N[C@@H]3C(=O)NCCCN(C)C)NC(=O)[C@@H](N)c2ccc(O)c(c2)Oc2cc(O)cc5c2)CC1. The maximum Gasteiger partial charge on any atom is 0.248 e. The Morgan fingerprint density at radius 2 is 1.17 bits per heavy atom. The zero-order chi connectivity index (χ0) is 77.7. The third-order valence-electron chi connectivity index (χ3n) is 20.7. The number of aliphatic hydroxyl groups is 1. The predicted molar refractivity (Wildman–Crippen MR) is 402 cm³/mol. The van der Waals surface area contributed by atoms with E-state index in [0.29, 0.717) is 31.6 Å². The van der Waals surface area contributed by atoms with Crippen molar-refractivity contribution in [2.75, 3.05) is 67.0 Å². The molecule has 7 aliphatic rings. The number of amides is 7. The first-order chi connectivity index (χ1) is 52.1. The molecule has 0 aliphatic carbocycles. The standard InChI is InChI=1S/C79H89Cl2N11O17/c1-5-6-7-8-9-10-11-12-26-92(4)27-24-91(25-28-92)40-51-57(96)39-50-63(71(51)98)49-33-43(16-18-55(49)94)65-76(103)89-69(79(106)88-68(50)75(102)83-22-13-23-90(2)3)70(97)44-17-21-59(53(81)34-44)109-62-37-46-36-61(72(62)99)108-58-20-14-41(29-52(58)80)30-54-73(100)85-66(77(104)87-67(46)78(105)86-65)45-31-47(93)38-48(32-45)107-60-35-42(15-19-56(60)95)64(82)74(101)84-54/h14-21,29,31-39,54,64-70,97H,5-13,22-28,30,40,82H2,1-4H3,(H12-,83,84,85,86,87,88,89,93,94,95,96,98,99,100,101,102,103,104,105,106)/p+1/t54-,64+,65-,66+,67-,68+,69+,70-/m1/s1. The van der Waals surface area contributed by atoms with Crippen LogP contribution in [0.25, 0.3) is 11.1 Å². The monoisotopic (exact) mass is 1530 g/mol. The van der Waals surface area contributed by atoms with Gasteiger partial charge in [-0.2, -0.15) is 0 Å². The summed E-state index contributed by atoms with van der Waals surface area (Å²) in [5, 5.41) is 104. The van der Waals surface area contributed by atoms with Crippen molar-refractivity contribution in [3.8, 4) is 80.1 Å². The van der Waals surface area contributed by atoms with Crippen LogP contribution in [0.3, 0.4) is 0 Å². The molecule has 0 unspecified atom stereocenters. The number of nitrogens with one attached hydrogen (secondary N) is 7. The molecule has 7 amide bonds. The van der Waals surface area contributed by atoms with Gasteiger partial charge >= 0.3 is 0 Å². The summed E-state index contributed by atoms with van der Waals surface area (Å²) in [6, 6.07) is 9.03. The summed E-state index contributed by atoms with van der Waals surface area (Å²) in [7, 11) is 5.90. The molecule has 0 radical (unpaired) electrons. The van der Waals surface area contributed by atoms with Gasteiger partial charge in [0, 0.05) is 49.8 Å². The lowest BCUT2D eigenvalue weighted by atomic mass is 9.87. The van der Waals surface area contributed by atoms with Crippen molar-refractivity contribution in [2.45, 2.75) is 126 Å². The van der Waals surface area contributed by atoms with Gasteiger partial charge < -0.3 is 102 Å². The van der Waals surface area contributed by atoms with E-state index in [9.17, 15) is 40.5 Å². The van der Waals surface area contributed by atoms with E-state index in [4.69, 9.17) is 43.1 Å². The Hall–Kier alpha value is -10.6. The van der Waals surface area contributed by atoms with Gasteiger partial charge in [-0.1, -0.05) is 92.9 Å². The third kappa shape index (κ3) is 17.8. The number of benzene rings is 7. The maximum absolute atomic E-state index is 16.2. The predicted octanol–water partition coefficient (Wildman–Crippen LogP) is 8.37. The van der Waals surface area contributed by atoms with Crippen molar-refractivity contribution in [1.82, 2.24) is 47.0 Å². The lowest BCUT2D eigenvalue weighted by molar-refractivity contribution is -0.914. The molecule has 7 heterocycles. The van der Waals surface area contributed by atoms with Crippen LogP contribution in [0.1, 0.15) is 146 Å². The normalized spacial score (nSPS) is 21.4. The molecule has 1 saturated heterocycles. The number of nitrogens with two attached hydrogens (primary N) is 1. The van der Waals surface area contributed by atoms with Crippen molar-refractivity contribution in [2.24, 2.45) is 5.73 Å². The number of hydrogen-bond donors (Lipinski definition) is 15. The fourth-order valence-electron chi connectivity index (χ4n) is 14.4. The van der Waals surface area contributed by atoms with Crippen molar-refractivity contribution in [3.05, 3.63) is 164 Å². The molecule has 7 aromatic carbocycles. The Balaban J connectivity index is 1.01. The number of fused-ring (bicyclic) bond motifs is 14. The van der Waals surface area contributed by atoms with Gasteiger partial charge in [-0.15, -0.1) is 0 Å². The number of carbonyl (C=O) groups is 7. The van der Waals surface area contributed by atoms with E-state index in [1.165, 1.54) is 117 Å². The lowest BCUT2D eigenvalue weighted by Crippen LogP contribution is -2.57. The molecule has 30 heteroatoms. The molecule has 14 rings (SSSR count). The van der Waals surface area contributed by atoms with E-state index in [2.05, 4.69) is 56.1 Å². The second-order valence-electron chi connectivity index (χ2n) is 29.0. The van der Waals surface area contributed by atoms with Crippen LogP contribution in [0.4, 0.5) is 0 Å². The van der Waals surface area contributed by atoms with Gasteiger partial charge in [0.05, 0.1) is 42.3 Å². The molecule has 0 spiro atoms. The fraction of sp³-hybridized carbons (Fsp3) is 0.380. The molecule has 8 atom stereocenters. The van der Waals surface area contributed by atoms with Gasteiger partial charge in [-0.3, -0.25) is 38.5 Å². The number of hydrogen-bond acceptors (Lipinski definition) is 20. The molecule has 576 valence electrons. The van der Waals surface area contributed by atoms with E-state index in [-0.39, 0.29) is 103 Å². The average Bonchev–Trinajstić information content (AvgIpc) is 0.749. The summed E-state index contributed by atoms with van der Waals surface area (Å²) in [6.45, 7) is 6.33. The van der Waals surface area contributed by atoms with Crippen molar-refractivity contribution in [1.29, 1.82) is 0 Å². The summed E-state index contributed by atoms with van der Waals surface area (Å²) < 4.78 is 19.6. The number of quaternary nitrogens is 1. The average molecular weight is 1540 g/mol. The molecule has 109 heavy (non-hydrogen) atoms. The topological polar surface area (TPSA) is 405 Å². The number of aliphatic hydroxyl groups excluding tert-OH is 1. The van der Waals surface area contributed by atoms with Gasteiger partial charge in [0.25, 0.3) is 0 Å². The second kappa shape index (κ2) is 33.5. The molecular weight excluding hydrogens is 1450 g/mol. The summed E-state index contributed by atoms with van der Waals surface area (Å²) in [5.41, 5.74) is 5.27. The van der Waals surface area contributed by atoms with Crippen LogP contribution in [0.2, 0.25) is 10.0 Å². The highest BCUT2D eigenvalue weighted by Gasteiger charge is 2.43. The number of phenols is 6. The van der Waals surface area contributed by atoms with E-state index < -0.39 is 136 Å². The summed E-state index contributed by atoms with van der Waals surface area (Å²) in [5.74, 6) is -13.0. The minimum Gasteiger partial charge on any atom is -0.508 e. The van der Waals surface area contributed by atoms with E-state index in [0.717, 1.165) is 67.3 Å². The number of aromatic hydroxyl groups is 6. The highest BCUT2D eigenvalue weighted by molar-refractivity contribution is 6.32. The third-order valence-corrected chi connectivity index (χ3v) is 21.3. The van der Waals surface area contributed by atoms with Crippen LogP contribution < -0.4 is 57.2 Å². The number of unbranched alkanes of at least 4 members (excludes halogenated alkanes) is 7. The van der Waals surface area contributed by atoms with Crippen LogP contribution in [-0.2, 0) is 46.5 Å². The van der Waals surface area contributed by atoms with Crippen LogP contribution in [0.5, 0.6) is 69.0 Å². The molecule has 17 bridgehead atoms. The Morgan fingerprint density at radius 3 is 1.84 bits per heavy atom. The summed E-state index contributed by atoms with van der Waals surface area (Å²) >= 11 is 14.0. The Labute approximate surface area is 639 Å². The Kier molecular flexibility index (Phi) is 24.0. The van der Waals surface area contributed by atoms with Crippen molar-refractivity contribution >= 4 is 64.6 Å². The molecule has 7 aromatic rings. The fourth-order valence-corrected chi connectivity index (χ4v) is 14.9. The van der Waals surface area contributed by atoms with Crippen molar-refractivity contribution < 1.29 is 88.0 Å². The van der Waals surface area contributed by atoms with E-state index in [1.54, 1.807) is 0 Å². The van der Waals surface area contributed by atoms with E-state index in [1.807, 2.05) is 19.0 Å². The highest BCUT2D eigenvalue weighted by atomic mass is 35.5. The number of ether oxygens (including phenoxy) is 3. The quantitative estimate of drug-likeness (QED) is 0.0319. The van der Waals surface area contributed by atoms with Crippen LogP contribution in [-0.4, -0.2) is 170 Å². The number of piperazine rings is 1. The zero-order valence-corrected chi connectivity index (χ0v) is 62.1. The van der Waals surface area contributed by atoms with Crippen LogP contribution >= 0.6 is 23.2 Å².